The van der Waals surface area contributed by atoms with E-state index >= 15 is 0 Å². The van der Waals surface area contributed by atoms with E-state index in [-0.39, 0.29) is 40.2 Å². The summed E-state index contributed by atoms with van der Waals surface area (Å²) in [6.07, 6.45) is 2.95. The van der Waals surface area contributed by atoms with Crippen molar-refractivity contribution in [2.75, 3.05) is 0 Å². The first-order chi connectivity index (χ1) is 14.9. The van der Waals surface area contributed by atoms with Gasteiger partial charge in [0.2, 0.25) is 0 Å². The van der Waals surface area contributed by atoms with Crippen molar-refractivity contribution in [3.8, 4) is 34.3 Å². The Balaban J connectivity index is 1.87. The molecule has 7 nitrogen and oxygen atoms in total. The normalized spacial score (nSPS) is 18.7. The summed E-state index contributed by atoms with van der Waals surface area (Å²) in [5.41, 5.74) is -0.744. The molecule has 1 aromatic heterocycles. The third-order valence-corrected chi connectivity index (χ3v) is 5.92. The molecule has 2 aliphatic heterocycles. The van der Waals surface area contributed by atoms with Crippen molar-refractivity contribution >= 4 is 17.0 Å². The van der Waals surface area contributed by atoms with Gasteiger partial charge in [0.25, 0.3) is 0 Å². The van der Waals surface area contributed by atoms with Crippen molar-refractivity contribution in [2.45, 2.75) is 51.4 Å². The fourth-order valence-electron chi connectivity index (χ4n) is 4.20. The van der Waals surface area contributed by atoms with Gasteiger partial charge in [0, 0.05) is 24.1 Å². The molecule has 0 saturated heterocycles. The van der Waals surface area contributed by atoms with E-state index in [2.05, 4.69) is 0 Å². The van der Waals surface area contributed by atoms with Crippen molar-refractivity contribution in [2.24, 2.45) is 0 Å². The molecule has 3 aromatic rings. The molecule has 0 aliphatic carbocycles. The average Bonchev–Trinajstić information content (AvgIpc) is 2.83. The van der Waals surface area contributed by atoms with Crippen LogP contribution in [-0.2, 0) is 6.42 Å². The Morgan fingerprint density at radius 2 is 1.88 bits per heavy atom. The van der Waals surface area contributed by atoms with Gasteiger partial charge in [-0.2, -0.15) is 0 Å². The summed E-state index contributed by atoms with van der Waals surface area (Å²) in [6, 6.07) is 5.94. The zero-order chi connectivity index (χ0) is 23.0. The Kier molecular flexibility index (Phi) is 4.17. The van der Waals surface area contributed by atoms with E-state index in [4.69, 9.17) is 13.9 Å². The molecule has 0 amide bonds. The van der Waals surface area contributed by atoms with Gasteiger partial charge >= 0.3 is 0 Å². The Morgan fingerprint density at radius 1 is 1.12 bits per heavy atom. The molecular weight excluding hydrogens is 412 g/mol. The lowest BCUT2D eigenvalue weighted by Gasteiger charge is -2.29. The molecule has 0 fully saturated rings. The fraction of sp³-hybridized carbons (Fsp3) is 0.320. The maximum Gasteiger partial charge on any atom is 0.200 e. The lowest BCUT2D eigenvalue weighted by atomic mass is 9.92. The van der Waals surface area contributed by atoms with E-state index < -0.39 is 22.7 Å². The number of hydrogen-bond acceptors (Lipinski definition) is 7. The van der Waals surface area contributed by atoms with Crippen LogP contribution in [0.3, 0.4) is 0 Å². The summed E-state index contributed by atoms with van der Waals surface area (Å²) in [7, 11) is 0. The van der Waals surface area contributed by atoms with Crippen LogP contribution in [0.25, 0.3) is 28.4 Å². The fourth-order valence-corrected chi connectivity index (χ4v) is 4.20. The first kappa shape index (κ1) is 20.5. The third-order valence-electron chi connectivity index (χ3n) is 5.92. The molecule has 1 atom stereocenters. The summed E-state index contributed by atoms with van der Waals surface area (Å²) in [5, 5.41) is 31.4. The van der Waals surface area contributed by atoms with Crippen molar-refractivity contribution in [1.29, 1.82) is 0 Å². The maximum absolute atomic E-state index is 13.6. The monoisotopic (exact) mass is 436 g/mol. The SMILES string of the molecule is CC1(C)C=Cc2c(cc(O)c3c(=O)c4c(oc23)-c2ccc(O)cc2OC(C(C)(C)O)C4)O1. The van der Waals surface area contributed by atoms with E-state index in [0.29, 0.717) is 22.6 Å². The predicted octanol–water partition coefficient (Wildman–Crippen LogP) is 4.13. The van der Waals surface area contributed by atoms with Crippen molar-refractivity contribution < 1.29 is 29.2 Å². The quantitative estimate of drug-likeness (QED) is 0.526. The number of rotatable bonds is 1. The molecule has 1 unspecified atom stereocenters. The van der Waals surface area contributed by atoms with Crippen LogP contribution >= 0.6 is 0 Å². The highest BCUT2D eigenvalue weighted by atomic mass is 16.5. The average molecular weight is 436 g/mol. The Morgan fingerprint density at radius 3 is 2.59 bits per heavy atom. The zero-order valence-corrected chi connectivity index (χ0v) is 18.2. The van der Waals surface area contributed by atoms with Crippen molar-refractivity contribution in [1.82, 2.24) is 0 Å². The highest BCUT2D eigenvalue weighted by molar-refractivity contribution is 5.95. The Hall–Kier alpha value is -3.45. The van der Waals surface area contributed by atoms with Crippen LogP contribution < -0.4 is 14.9 Å². The molecular formula is C25H24O7. The number of benzene rings is 2. The number of hydrogen-bond donors (Lipinski definition) is 3. The van der Waals surface area contributed by atoms with Gasteiger partial charge in [-0.25, -0.2) is 0 Å². The van der Waals surface area contributed by atoms with E-state index in [9.17, 15) is 20.1 Å². The summed E-state index contributed by atoms with van der Waals surface area (Å²) >= 11 is 0. The molecule has 2 aliphatic rings. The highest BCUT2D eigenvalue weighted by Crippen LogP contribution is 2.45. The Labute approximate surface area is 184 Å². The molecule has 3 heterocycles. The molecule has 7 heteroatoms. The molecule has 0 saturated carbocycles. The second-order valence-corrected chi connectivity index (χ2v) is 9.43. The first-order valence-electron chi connectivity index (χ1n) is 10.4. The minimum absolute atomic E-state index is 0.0154. The predicted molar refractivity (Wildman–Crippen MR) is 119 cm³/mol. The van der Waals surface area contributed by atoms with E-state index in [0.717, 1.165) is 0 Å². The number of aliphatic hydroxyl groups is 1. The van der Waals surface area contributed by atoms with Crippen LogP contribution in [0.4, 0.5) is 0 Å². The maximum atomic E-state index is 13.6. The van der Waals surface area contributed by atoms with Gasteiger partial charge < -0.3 is 29.2 Å². The van der Waals surface area contributed by atoms with Gasteiger partial charge in [0.1, 0.15) is 45.8 Å². The topological polar surface area (TPSA) is 109 Å². The summed E-state index contributed by atoms with van der Waals surface area (Å²) in [5.74, 6) is 0.724. The minimum Gasteiger partial charge on any atom is -0.508 e. The van der Waals surface area contributed by atoms with E-state index in [1.807, 2.05) is 26.0 Å². The van der Waals surface area contributed by atoms with E-state index in [1.165, 1.54) is 18.2 Å². The van der Waals surface area contributed by atoms with E-state index in [1.54, 1.807) is 19.9 Å². The first-order valence-corrected chi connectivity index (χ1v) is 10.4. The second-order valence-electron chi connectivity index (χ2n) is 9.43. The summed E-state index contributed by atoms with van der Waals surface area (Å²) in [6.45, 7) is 6.95. The molecule has 0 radical (unpaired) electrons. The largest absolute Gasteiger partial charge is 0.508 e. The lowest BCUT2D eigenvalue weighted by molar-refractivity contribution is -0.0322. The van der Waals surface area contributed by atoms with Gasteiger partial charge in [-0.1, -0.05) is 0 Å². The van der Waals surface area contributed by atoms with Crippen LogP contribution in [0.15, 0.2) is 39.6 Å². The second kappa shape index (κ2) is 6.53. The number of phenolic OH excluding ortho intramolecular Hbond substituents is 2. The smallest absolute Gasteiger partial charge is 0.200 e. The van der Waals surface area contributed by atoms with Gasteiger partial charge in [0.05, 0.1) is 16.7 Å². The van der Waals surface area contributed by atoms with Gasteiger partial charge in [-0.05, 0) is 52.0 Å². The molecule has 0 bridgehead atoms. The summed E-state index contributed by atoms with van der Waals surface area (Å²) in [4.78, 5) is 13.6. The summed E-state index contributed by atoms with van der Waals surface area (Å²) < 4.78 is 18.3. The standard InChI is InChI=1S/C25H24O7/c1-24(2)8-7-14-18(32-24)11-16(27)20-21(28)15-10-19(25(3,4)29)30-17-9-12(26)5-6-13(17)22(15)31-23(14)20/h5-9,11,19,26-27,29H,10H2,1-4H3. The third kappa shape index (κ3) is 3.12. The molecule has 2 aromatic carbocycles. The number of aromatic hydroxyl groups is 2. The molecule has 166 valence electrons. The molecule has 3 N–H and O–H groups in total. The van der Waals surface area contributed by atoms with Crippen molar-refractivity contribution in [3.63, 3.8) is 0 Å². The van der Waals surface area contributed by atoms with Gasteiger partial charge in [0.15, 0.2) is 11.0 Å². The lowest BCUT2D eigenvalue weighted by Crippen LogP contribution is -2.42. The Bertz CT molecular complexity index is 1360. The number of phenols is 2. The molecule has 32 heavy (non-hydrogen) atoms. The van der Waals surface area contributed by atoms with Crippen LogP contribution in [0.5, 0.6) is 23.0 Å². The van der Waals surface area contributed by atoms with Crippen LogP contribution in [0.1, 0.15) is 38.8 Å². The number of fused-ring (bicyclic) bond motifs is 6. The van der Waals surface area contributed by atoms with Crippen LogP contribution in [0, 0.1) is 0 Å². The van der Waals surface area contributed by atoms with Crippen LogP contribution in [0.2, 0.25) is 0 Å². The molecule has 0 spiro atoms. The van der Waals surface area contributed by atoms with Crippen LogP contribution in [-0.4, -0.2) is 32.6 Å². The number of ether oxygens (including phenoxy) is 2. The van der Waals surface area contributed by atoms with Gasteiger partial charge in [-0.15, -0.1) is 0 Å². The zero-order valence-electron chi connectivity index (χ0n) is 18.2. The minimum atomic E-state index is -1.29. The highest BCUT2D eigenvalue weighted by Gasteiger charge is 2.37. The molecule has 5 rings (SSSR count). The van der Waals surface area contributed by atoms with Crippen molar-refractivity contribution in [3.05, 3.63) is 51.7 Å². The van der Waals surface area contributed by atoms with Gasteiger partial charge in [-0.3, -0.25) is 4.79 Å².